The van der Waals surface area contributed by atoms with Crippen LogP contribution in [0.2, 0.25) is 10.0 Å². The van der Waals surface area contributed by atoms with Crippen LogP contribution in [0.4, 0.5) is 0 Å². The molecule has 6 nitrogen and oxygen atoms in total. The summed E-state index contributed by atoms with van der Waals surface area (Å²) in [5.41, 5.74) is 3.57. The van der Waals surface area contributed by atoms with Crippen molar-refractivity contribution in [3.8, 4) is 17.1 Å². The van der Waals surface area contributed by atoms with Crippen LogP contribution in [0.5, 0.6) is 0 Å². The fourth-order valence-corrected chi connectivity index (χ4v) is 3.27. The van der Waals surface area contributed by atoms with Crippen LogP contribution in [0.3, 0.4) is 0 Å². The van der Waals surface area contributed by atoms with Crippen LogP contribution >= 0.6 is 23.2 Å². The third-order valence-corrected chi connectivity index (χ3v) is 5.24. The van der Waals surface area contributed by atoms with Gasteiger partial charge in [0, 0.05) is 32.2 Å². The van der Waals surface area contributed by atoms with Gasteiger partial charge >= 0.3 is 0 Å². The van der Waals surface area contributed by atoms with E-state index in [1.54, 1.807) is 41.3 Å². The molecular weight excluding hydrogens is 409 g/mol. The molecule has 0 bridgehead atoms. The second-order valence-corrected chi connectivity index (χ2v) is 7.28. The first-order valence-electron chi connectivity index (χ1n) is 8.87. The topological polar surface area (TPSA) is 64.7 Å². The molecule has 1 amide bonds. The van der Waals surface area contributed by atoms with Gasteiger partial charge in [-0.3, -0.25) is 9.78 Å². The molecule has 0 radical (unpaired) electrons. The number of hydrogen-bond donors (Lipinski definition) is 1. The molecule has 3 heterocycles. The predicted octanol–water partition coefficient (Wildman–Crippen LogP) is 4.51. The van der Waals surface area contributed by atoms with E-state index in [4.69, 9.17) is 23.2 Å². The number of hydrogen-bond acceptors (Lipinski definition) is 3. The molecular formula is C21H17Cl2N5O. The molecule has 1 N–H and O–H groups in total. The first-order valence-corrected chi connectivity index (χ1v) is 9.63. The standard InChI is InChI=1S/C21H17Cl2N5O/c1-27-10-2-3-19(27)18-12-20(21(29)25-13-14-6-8-24-9-7-14)28(26-18)15-4-5-16(22)17(23)11-15/h2-12H,13H2,1H3,(H,25,29). The number of rotatable bonds is 5. The Kier molecular flexibility index (Phi) is 5.38. The van der Waals surface area contributed by atoms with Gasteiger partial charge in [0.05, 0.1) is 21.4 Å². The molecule has 4 rings (SSSR count). The monoisotopic (exact) mass is 425 g/mol. The average molecular weight is 426 g/mol. The van der Waals surface area contributed by atoms with Crippen LogP contribution in [0.1, 0.15) is 16.1 Å². The van der Waals surface area contributed by atoms with E-state index >= 15 is 0 Å². The summed E-state index contributed by atoms with van der Waals surface area (Å²) in [6, 6.07) is 14.5. The summed E-state index contributed by atoms with van der Waals surface area (Å²) in [6.45, 7) is 0.382. The fourth-order valence-electron chi connectivity index (χ4n) is 2.98. The van der Waals surface area contributed by atoms with E-state index in [2.05, 4.69) is 15.4 Å². The molecule has 0 aliphatic heterocycles. The Morgan fingerprint density at radius 2 is 1.86 bits per heavy atom. The highest BCUT2D eigenvalue weighted by atomic mass is 35.5. The fraction of sp³-hybridized carbons (Fsp3) is 0.0952. The van der Waals surface area contributed by atoms with E-state index in [1.165, 1.54) is 0 Å². The first kappa shape index (κ1) is 19.2. The highest BCUT2D eigenvalue weighted by molar-refractivity contribution is 6.42. The second kappa shape index (κ2) is 8.11. The first-order chi connectivity index (χ1) is 14.0. The minimum atomic E-state index is -0.249. The summed E-state index contributed by atoms with van der Waals surface area (Å²) in [4.78, 5) is 17.0. The Bertz CT molecular complexity index is 1170. The lowest BCUT2D eigenvalue weighted by Gasteiger charge is -2.09. The van der Waals surface area contributed by atoms with Crippen LogP contribution in [0, 0.1) is 0 Å². The second-order valence-electron chi connectivity index (χ2n) is 6.47. The van der Waals surface area contributed by atoms with E-state index in [9.17, 15) is 4.79 Å². The van der Waals surface area contributed by atoms with Crippen LogP contribution in [0.25, 0.3) is 17.1 Å². The lowest BCUT2D eigenvalue weighted by molar-refractivity contribution is 0.0943. The third-order valence-electron chi connectivity index (χ3n) is 4.50. The van der Waals surface area contributed by atoms with Gasteiger partial charge in [-0.15, -0.1) is 0 Å². The van der Waals surface area contributed by atoms with E-state index in [-0.39, 0.29) is 5.91 Å². The molecule has 0 saturated carbocycles. The number of aryl methyl sites for hydroxylation is 1. The number of aromatic nitrogens is 4. The van der Waals surface area contributed by atoms with Gasteiger partial charge in [0.2, 0.25) is 0 Å². The number of nitrogens with one attached hydrogen (secondary N) is 1. The average Bonchev–Trinajstić information content (AvgIpc) is 3.35. The molecule has 0 unspecified atom stereocenters. The molecule has 8 heteroatoms. The van der Waals surface area contributed by atoms with Crippen molar-refractivity contribution in [2.24, 2.45) is 7.05 Å². The van der Waals surface area contributed by atoms with Crippen molar-refractivity contribution in [2.45, 2.75) is 6.54 Å². The molecule has 29 heavy (non-hydrogen) atoms. The normalized spacial score (nSPS) is 10.9. The van der Waals surface area contributed by atoms with Crippen molar-refractivity contribution in [3.05, 3.63) is 88.4 Å². The lowest BCUT2D eigenvalue weighted by atomic mass is 10.2. The van der Waals surface area contributed by atoms with Crippen molar-refractivity contribution in [3.63, 3.8) is 0 Å². The molecule has 146 valence electrons. The number of carbonyl (C=O) groups excluding carboxylic acids is 1. The summed E-state index contributed by atoms with van der Waals surface area (Å²) in [6.07, 6.45) is 5.31. The lowest BCUT2D eigenvalue weighted by Crippen LogP contribution is -2.25. The number of benzene rings is 1. The van der Waals surface area contributed by atoms with Crippen molar-refractivity contribution < 1.29 is 4.79 Å². The number of nitrogens with zero attached hydrogens (tertiary/aromatic N) is 4. The zero-order valence-electron chi connectivity index (χ0n) is 15.5. The Morgan fingerprint density at radius 1 is 1.07 bits per heavy atom. The highest BCUT2D eigenvalue weighted by Gasteiger charge is 2.19. The zero-order chi connectivity index (χ0) is 20.4. The van der Waals surface area contributed by atoms with E-state index < -0.39 is 0 Å². The number of carbonyl (C=O) groups is 1. The molecule has 1 aromatic carbocycles. The van der Waals surface area contributed by atoms with Gasteiger partial charge in [0.1, 0.15) is 11.4 Å². The summed E-state index contributed by atoms with van der Waals surface area (Å²) in [5, 5.41) is 8.42. The van der Waals surface area contributed by atoms with Gasteiger partial charge in [-0.2, -0.15) is 5.10 Å². The smallest absolute Gasteiger partial charge is 0.270 e. The summed E-state index contributed by atoms with van der Waals surface area (Å²) < 4.78 is 3.52. The Morgan fingerprint density at radius 3 is 2.55 bits per heavy atom. The maximum atomic E-state index is 13.0. The van der Waals surface area contributed by atoms with Crippen molar-refractivity contribution >= 4 is 29.1 Å². The van der Waals surface area contributed by atoms with Gasteiger partial charge in [-0.05, 0) is 54.1 Å². The van der Waals surface area contributed by atoms with Crippen molar-refractivity contribution in [1.82, 2.24) is 24.6 Å². The molecule has 3 aromatic heterocycles. The van der Waals surface area contributed by atoms with Gasteiger partial charge in [-0.1, -0.05) is 23.2 Å². The van der Waals surface area contributed by atoms with Crippen LogP contribution in [-0.2, 0) is 13.6 Å². The summed E-state index contributed by atoms with van der Waals surface area (Å²) >= 11 is 12.2. The largest absolute Gasteiger partial charge is 0.349 e. The maximum Gasteiger partial charge on any atom is 0.270 e. The van der Waals surface area contributed by atoms with E-state index in [0.717, 1.165) is 11.3 Å². The van der Waals surface area contributed by atoms with Crippen LogP contribution < -0.4 is 5.32 Å². The number of amides is 1. The van der Waals surface area contributed by atoms with Gasteiger partial charge < -0.3 is 9.88 Å². The predicted molar refractivity (Wildman–Crippen MR) is 113 cm³/mol. The van der Waals surface area contributed by atoms with Crippen LogP contribution in [-0.4, -0.2) is 25.2 Å². The minimum absolute atomic E-state index is 0.249. The van der Waals surface area contributed by atoms with Gasteiger partial charge in [0.15, 0.2) is 0 Å². The highest BCUT2D eigenvalue weighted by Crippen LogP contribution is 2.27. The molecule has 0 atom stereocenters. The Hall–Kier alpha value is -3.09. The quantitative estimate of drug-likeness (QED) is 0.511. The van der Waals surface area contributed by atoms with E-state index in [1.807, 2.05) is 42.1 Å². The number of halogens is 2. The van der Waals surface area contributed by atoms with Crippen molar-refractivity contribution in [2.75, 3.05) is 0 Å². The molecule has 0 spiro atoms. The molecule has 0 aliphatic carbocycles. The van der Waals surface area contributed by atoms with Gasteiger partial charge in [-0.25, -0.2) is 4.68 Å². The SMILES string of the molecule is Cn1cccc1-c1cc(C(=O)NCc2ccncc2)n(-c2ccc(Cl)c(Cl)c2)n1. The van der Waals surface area contributed by atoms with E-state index in [0.29, 0.717) is 33.7 Å². The molecule has 0 saturated heterocycles. The zero-order valence-corrected chi connectivity index (χ0v) is 17.0. The Balaban J connectivity index is 1.72. The summed E-state index contributed by atoms with van der Waals surface area (Å²) in [5.74, 6) is -0.249. The molecule has 0 aliphatic rings. The van der Waals surface area contributed by atoms with Crippen LogP contribution in [0.15, 0.2) is 67.1 Å². The minimum Gasteiger partial charge on any atom is -0.349 e. The third kappa shape index (κ3) is 4.04. The number of pyridine rings is 1. The van der Waals surface area contributed by atoms with Gasteiger partial charge in [0.25, 0.3) is 5.91 Å². The van der Waals surface area contributed by atoms with Crippen molar-refractivity contribution in [1.29, 1.82) is 0 Å². The Labute approximate surface area is 177 Å². The molecule has 4 aromatic rings. The molecule has 0 fully saturated rings. The summed E-state index contributed by atoms with van der Waals surface area (Å²) in [7, 11) is 1.93. The maximum absolute atomic E-state index is 13.0.